The highest BCUT2D eigenvalue weighted by molar-refractivity contribution is 4.19. The minimum atomic E-state index is 0. The minimum absolute atomic E-state index is 0. The Labute approximate surface area is 83.0 Å². The smallest absolute Gasteiger partial charge is 0.101 e. The average molecular weight is 199 g/mol. The first kappa shape index (κ1) is 18.1. The van der Waals surface area contributed by atoms with E-state index in [0.29, 0.717) is 0 Å². The van der Waals surface area contributed by atoms with E-state index in [1.807, 2.05) is 26.0 Å². The molecule has 0 unspecified atom stereocenters. The second-order valence-electron chi connectivity index (χ2n) is 4.08. The highest BCUT2D eigenvalue weighted by Gasteiger charge is 2.02. The zero-order valence-electron chi connectivity index (χ0n) is 9.13. The topological polar surface area (TPSA) is 23.5 Å². The first-order valence-electron chi connectivity index (χ1n) is 3.82. The fraction of sp³-hybridized carbons (Fsp3) is 1.00. The van der Waals surface area contributed by atoms with Gasteiger partial charge in [-0.25, -0.2) is 0 Å². The van der Waals surface area contributed by atoms with Crippen LogP contribution in [0.1, 0.15) is 0 Å². The van der Waals surface area contributed by atoms with E-state index in [-0.39, 0.29) is 19.0 Å². The van der Waals surface area contributed by atoms with Crippen LogP contribution in [0.5, 0.6) is 0 Å². The molecule has 12 heavy (non-hydrogen) atoms. The maximum atomic E-state index is 8.39. The van der Waals surface area contributed by atoms with Gasteiger partial charge in [0, 0.05) is 0 Å². The largest absolute Gasteiger partial charge is 1.00 e. The van der Waals surface area contributed by atoms with Gasteiger partial charge in [0.1, 0.15) is 6.54 Å². The second kappa shape index (κ2) is 9.26. The van der Waals surface area contributed by atoms with Gasteiger partial charge in [0.25, 0.3) is 0 Å². The number of nitrogens with zero attached hydrogens (tertiary/aromatic N) is 2. The molecular formula is C8H23ClN2O. The van der Waals surface area contributed by atoms with E-state index in [1.165, 1.54) is 0 Å². The number of likely N-dealkylation sites (N-methyl/N-ethyl adjacent to an activating group) is 1. The van der Waals surface area contributed by atoms with E-state index < -0.39 is 0 Å². The summed E-state index contributed by atoms with van der Waals surface area (Å²) in [5, 5.41) is 8.39. The van der Waals surface area contributed by atoms with Crippen LogP contribution in [0.3, 0.4) is 0 Å². The van der Waals surface area contributed by atoms with E-state index >= 15 is 0 Å². The third kappa shape index (κ3) is 49.2. The molecule has 1 N–H and O–H groups in total. The molecule has 0 heterocycles. The van der Waals surface area contributed by atoms with Gasteiger partial charge >= 0.3 is 0 Å². The average Bonchev–Trinajstić information content (AvgIpc) is 1.58. The third-order valence-corrected chi connectivity index (χ3v) is 0.771. The van der Waals surface area contributed by atoms with Crippen LogP contribution in [0.25, 0.3) is 0 Å². The second-order valence-corrected chi connectivity index (χ2v) is 4.08. The molecule has 0 saturated carbocycles. The first-order chi connectivity index (χ1) is 4.79. The van der Waals surface area contributed by atoms with Crippen LogP contribution < -0.4 is 12.4 Å². The number of hydrogen-bond acceptors (Lipinski definition) is 2. The van der Waals surface area contributed by atoms with Crippen LogP contribution in [-0.4, -0.2) is 69.9 Å². The van der Waals surface area contributed by atoms with Crippen molar-refractivity contribution < 1.29 is 22.0 Å². The van der Waals surface area contributed by atoms with Crippen molar-refractivity contribution in [3.8, 4) is 0 Å². The van der Waals surface area contributed by atoms with Gasteiger partial charge < -0.3 is 26.9 Å². The van der Waals surface area contributed by atoms with E-state index in [0.717, 1.165) is 11.0 Å². The highest BCUT2D eigenvalue weighted by Crippen LogP contribution is 1.84. The van der Waals surface area contributed by atoms with Gasteiger partial charge in [-0.15, -0.1) is 0 Å². The molecule has 0 bridgehead atoms. The molecule has 0 aromatic heterocycles. The highest BCUT2D eigenvalue weighted by atomic mass is 35.5. The normalized spacial score (nSPS) is 10.0. The first-order valence-corrected chi connectivity index (χ1v) is 3.82. The quantitative estimate of drug-likeness (QED) is 0.475. The van der Waals surface area contributed by atoms with Crippen LogP contribution in [0, 0.1) is 0 Å². The van der Waals surface area contributed by atoms with Crippen molar-refractivity contribution in [2.24, 2.45) is 0 Å². The summed E-state index contributed by atoms with van der Waals surface area (Å²) in [7, 11) is 12.2. The SMILES string of the molecule is CN(C)C.C[N+](C)(C)CCO.[Cl-]. The van der Waals surface area contributed by atoms with Crippen molar-refractivity contribution in [2.75, 3.05) is 55.4 Å². The summed E-state index contributed by atoms with van der Waals surface area (Å²) in [5.41, 5.74) is 0. The Balaban J connectivity index is -0.000000142. The summed E-state index contributed by atoms with van der Waals surface area (Å²) in [6.07, 6.45) is 0. The summed E-state index contributed by atoms with van der Waals surface area (Å²) >= 11 is 0. The van der Waals surface area contributed by atoms with Crippen molar-refractivity contribution in [2.45, 2.75) is 0 Å². The lowest BCUT2D eigenvalue weighted by atomic mass is 10.5. The molecule has 0 aliphatic rings. The fourth-order valence-corrected chi connectivity index (χ4v) is 0.300. The van der Waals surface area contributed by atoms with E-state index in [1.54, 1.807) is 0 Å². The molecule has 0 atom stereocenters. The fourth-order valence-electron chi connectivity index (χ4n) is 0.300. The molecule has 0 spiro atoms. The van der Waals surface area contributed by atoms with Crippen LogP contribution in [0.4, 0.5) is 0 Å². The molecule has 0 aromatic rings. The van der Waals surface area contributed by atoms with Crippen LogP contribution in [-0.2, 0) is 0 Å². The Morgan fingerprint density at radius 1 is 1.08 bits per heavy atom. The predicted molar refractivity (Wildman–Crippen MR) is 49.6 cm³/mol. The van der Waals surface area contributed by atoms with Crippen molar-refractivity contribution in [3.05, 3.63) is 0 Å². The molecule has 0 fully saturated rings. The summed E-state index contributed by atoms with van der Waals surface area (Å²) in [4.78, 5) is 2.00. The molecule has 0 aliphatic carbocycles. The van der Waals surface area contributed by atoms with Crippen LogP contribution in [0.2, 0.25) is 0 Å². The molecule has 0 radical (unpaired) electrons. The summed E-state index contributed by atoms with van der Waals surface area (Å²) in [5.74, 6) is 0. The van der Waals surface area contributed by atoms with Crippen LogP contribution >= 0.6 is 0 Å². The van der Waals surface area contributed by atoms with Gasteiger partial charge in [-0.2, -0.15) is 0 Å². The van der Waals surface area contributed by atoms with E-state index in [9.17, 15) is 0 Å². The maximum Gasteiger partial charge on any atom is 0.101 e. The van der Waals surface area contributed by atoms with Crippen LogP contribution in [0.15, 0.2) is 0 Å². The van der Waals surface area contributed by atoms with Crippen molar-refractivity contribution >= 4 is 0 Å². The van der Waals surface area contributed by atoms with Gasteiger partial charge in [0.05, 0.1) is 27.7 Å². The molecule has 4 heteroatoms. The lowest BCUT2D eigenvalue weighted by Gasteiger charge is -2.21. The molecule has 0 saturated heterocycles. The van der Waals surface area contributed by atoms with Gasteiger partial charge in [-0.3, -0.25) is 0 Å². The Hall–Kier alpha value is 0.170. The Kier molecular flexibility index (Phi) is 13.9. The standard InChI is InChI=1S/C5H14NO.C3H9N.ClH/c1-6(2,3)4-5-7;1-4(2)3;/h7H,4-5H2,1-3H3;1-3H3;1H/q+1;;/p-1. The minimum Gasteiger partial charge on any atom is -1.00 e. The molecule has 78 valence electrons. The van der Waals surface area contributed by atoms with Crippen molar-refractivity contribution in [3.63, 3.8) is 0 Å². The maximum absolute atomic E-state index is 8.39. The number of aliphatic hydroxyl groups is 1. The predicted octanol–water partition coefficient (Wildman–Crippen LogP) is -3.13. The zero-order chi connectivity index (χ0) is 9.49. The monoisotopic (exact) mass is 198 g/mol. The number of rotatable bonds is 2. The van der Waals surface area contributed by atoms with E-state index in [2.05, 4.69) is 21.1 Å². The van der Waals surface area contributed by atoms with Crippen molar-refractivity contribution in [1.82, 2.24) is 4.90 Å². The molecule has 3 nitrogen and oxygen atoms in total. The van der Waals surface area contributed by atoms with Gasteiger partial charge in [0.15, 0.2) is 0 Å². The van der Waals surface area contributed by atoms with Gasteiger partial charge in [-0.05, 0) is 21.1 Å². The molecule has 0 aliphatic heterocycles. The Morgan fingerprint density at radius 3 is 1.33 bits per heavy atom. The lowest BCUT2D eigenvalue weighted by Crippen LogP contribution is -3.00. The lowest BCUT2D eigenvalue weighted by molar-refractivity contribution is -0.870. The number of quaternary nitrogens is 1. The molecular weight excluding hydrogens is 176 g/mol. The number of halogens is 1. The van der Waals surface area contributed by atoms with E-state index in [4.69, 9.17) is 5.11 Å². The summed E-state index contributed by atoms with van der Waals surface area (Å²) < 4.78 is 0.844. The Morgan fingerprint density at radius 2 is 1.33 bits per heavy atom. The molecule has 0 rings (SSSR count). The van der Waals surface area contributed by atoms with Gasteiger partial charge in [0.2, 0.25) is 0 Å². The zero-order valence-corrected chi connectivity index (χ0v) is 9.89. The number of aliphatic hydroxyl groups excluding tert-OH is 1. The van der Waals surface area contributed by atoms with Crippen molar-refractivity contribution in [1.29, 1.82) is 0 Å². The molecule has 0 amide bonds. The number of hydrogen-bond donors (Lipinski definition) is 1. The third-order valence-electron chi connectivity index (χ3n) is 0.771. The van der Waals surface area contributed by atoms with Gasteiger partial charge in [-0.1, -0.05) is 0 Å². The Bertz CT molecular complexity index is 78.9. The summed E-state index contributed by atoms with van der Waals surface area (Å²) in [6, 6.07) is 0. The molecule has 0 aromatic carbocycles. The summed E-state index contributed by atoms with van der Waals surface area (Å²) in [6.45, 7) is 1.11.